The van der Waals surface area contributed by atoms with E-state index in [4.69, 9.17) is 5.73 Å². The Morgan fingerprint density at radius 3 is 2.13 bits per heavy atom. The molecular weight excluding hydrogens is 414 g/mol. The lowest BCUT2D eigenvalue weighted by molar-refractivity contribution is -0.138. The maximum Gasteiger partial charge on any atom is 0.327 e. The van der Waals surface area contributed by atoms with Gasteiger partial charge >= 0.3 is 12.0 Å². The highest BCUT2D eigenvalue weighted by atomic mass is 32.2. The SMILES string of the molecule is CCN(CC(N)=O)C(=O)NC(CSC/C=C(\C)CC/C=C(\C)CCC=C(C)C)C(=O)O. The molecule has 0 aromatic carbocycles. The second-order valence-electron chi connectivity index (χ2n) is 7.82. The van der Waals surface area contributed by atoms with Crippen molar-refractivity contribution >= 4 is 29.7 Å². The van der Waals surface area contributed by atoms with E-state index in [-0.39, 0.29) is 18.8 Å². The summed E-state index contributed by atoms with van der Waals surface area (Å²) in [6, 6.07) is -1.63. The first-order valence-electron chi connectivity index (χ1n) is 10.7. The van der Waals surface area contributed by atoms with E-state index in [1.807, 2.05) is 0 Å². The number of hydrogen-bond acceptors (Lipinski definition) is 4. The summed E-state index contributed by atoms with van der Waals surface area (Å²) < 4.78 is 0. The van der Waals surface area contributed by atoms with E-state index < -0.39 is 23.9 Å². The molecule has 0 fully saturated rings. The van der Waals surface area contributed by atoms with Crippen LogP contribution >= 0.6 is 11.8 Å². The number of aliphatic carboxylic acids is 1. The van der Waals surface area contributed by atoms with Gasteiger partial charge in [-0.25, -0.2) is 9.59 Å². The molecule has 0 bridgehead atoms. The molecule has 0 spiro atoms. The number of carbonyl (C=O) groups excluding carboxylic acids is 2. The maximum absolute atomic E-state index is 12.2. The van der Waals surface area contributed by atoms with Gasteiger partial charge in [0, 0.05) is 18.1 Å². The first kappa shape index (κ1) is 28.8. The molecule has 0 radical (unpaired) electrons. The molecule has 3 amide bonds. The first-order chi connectivity index (χ1) is 14.6. The predicted molar refractivity (Wildman–Crippen MR) is 129 cm³/mol. The second-order valence-corrected chi connectivity index (χ2v) is 8.89. The Hall–Kier alpha value is -2.22. The van der Waals surface area contributed by atoms with Crippen molar-refractivity contribution in [3.05, 3.63) is 34.9 Å². The molecule has 0 saturated heterocycles. The number of nitrogens with two attached hydrogens (primary N) is 1. The van der Waals surface area contributed by atoms with Crippen LogP contribution in [0.25, 0.3) is 0 Å². The van der Waals surface area contributed by atoms with Crippen LogP contribution < -0.4 is 11.1 Å². The Morgan fingerprint density at radius 2 is 1.61 bits per heavy atom. The van der Waals surface area contributed by atoms with Crippen LogP contribution in [0.2, 0.25) is 0 Å². The summed E-state index contributed by atoms with van der Waals surface area (Å²) >= 11 is 1.44. The number of amides is 3. The fourth-order valence-corrected chi connectivity index (χ4v) is 3.66. The molecule has 176 valence electrons. The van der Waals surface area contributed by atoms with Gasteiger partial charge in [-0.3, -0.25) is 4.79 Å². The number of carboxylic acids is 1. The van der Waals surface area contributed by atoms with E-state index in [1.54, 1.807) is 6.92 Å². The highest BCUT2D eigenvalue weighted by Crippen LogP contribution is 2.13. The Bertz CT molecular complexity index is 682. The summed E-state index contributed by atoms with van der Waals surface area (Å²) in [7, 11) is 0. The highest BCUT2D eigenvalue weighted by Gasteiger charge is 2.23. The molecule has 0 heterocycles. The van der Waals surface area contributed by atoms with Crippen molar-refractivity contribution in [2.24, 2.45) is 5.73 Å². The van der Waals surface area contributed by atoms with E-state index in [9.17, 15) is 19.5 Å². The number of hydrogen-bond donors (Lipinski definition) is 3. The van der Waals surface area contributed by atoms with Crippen molar-refractivity contribution in [3.63, 3.8) is 0 Å². The molecule has 4 N–H and O–H groups in total. The van der Waals surface area contributed by atoms with E-state index in [2.05, 4.69) is 51.2 Å². The van der Waals surface area contributed by atoms with Crippen LogP contribution in [-0.4, -0.2) is 58.6 Å². The van der Waals surface area contributed by atoms with E-state index in [0.717, 1.165) is 25.7 Å². The van der Waals surface area contributed by atoms with Crippen LogP contribution in [-0.2, 0) is 9.59 Å². The predicted octanol–water partition coefficient (Wildman–Crippen LogP) is 4.11. The number of likely N-dealkylation sites (N-methyl/N-ethyl adjacent to an activating group) is 1. The molecule has 31 heavy (non-hydrogen) atoms. The number of thioether (sulfide) groups is 1. The number of carbonyl (C=O) groups is 3. The van der Waals surface area contributed by atoms with Gasteiger partial charge in [0.2, 0.25) is 5.91 Å². The van der Waals surface area contributed by atoms with Crippen LogP contribution in [0, 0.1) is 0 Å². The Morgan fingerprint density at radius 1 is 1.03 bits per heavy atom. The van der Waals surface area contributed by atoms with Gasteiger partial charge in [0.05, 0.1) is 0 Å². The minimum Gasteiger partial charge on any atom is -0.480 e. The van der Waals surface area contributed by atoms with Crippen molar-refractivity contribution in [1.82, 2.24) is 10.2 Å². The number of nitrogens with one attached hydrogen (secondary N) is 1. The molecule has 0 rings (SSSR count). The summed E-state index contributed by atoms with van der Waals surface area (Å²) in [5.74, 6) is -0.835. The van der Waals surface area contributed by atoms with Crippen molar-refractivity contribution in [2.75, 3.05) is 24.6 Å². The van der Waals surface area contributed by atoms with Crippen LogP contribution in [0.4, 0.5) is 4.79 Å². The van der Waals surface area contributed by atoms with Gasteiger partial charge in [0.25, 0.3) is 0 Å². The number of urea groups is 1. The molecule has 0 aliphatic rings. The summed E-state index contributed by atoms with van der Waals surface area (Å²) in [6.07, 6.45) is 10.8. The molecule has 1 unspecified atom stereocenters. The van der Waals surface area contributed by atoms with Crippen molar-refractivity contribution < 1.29 is 19.5 Å². The topological polar surface area (TPSA) is 113 Å². The van der Waals surface area contributed by atoms with Gasteiger partial charge in [0.15, 0.2) is 0 Å². The number of rotatable bonds is 15. The van der Waals surface area contributed by atoms with Crippen molar-refractivity contribution in [3.8, 4) is 0 Å². The Balaban J connectivity index is 4.40. The standard InChI is InChI=1S/C23H39N3O4S/c1-6-26(15-21(24)27)23(30)25-20(22(28)29)16-31-14-13-19(5)12-8-11-18(4)10-7-9-17(2)3/h9,11,13,20H,6-8,10,12,14-16H2,1-5H3,(H2,24,27)(H,25,30)(H,28,29)/b18-11+,19-13+. The third kappa shape index (κ3) is 15.3. The summed E-state index contributed by atoms with van der Waals surface area (Å²) in [6.45, 7) is 10.2. The lowest BCUT2D eigenvalue weighted by atomic mass is 10.1. The van der Waals surface area contributed by atoms with Crippen molar-refractivity contribution in [2.45, 2.75) is 66.3 Å². The summed E-state index contributed by atoms with van der Waals surface area (Å²) in [4.78, 5) is 35.8. The minimum atomic E-state index is -1.11. The van der Waals surface area contributed by atoms with Crippen LogP contribution in [0.5, 0.6) is 0 Å². The van der Waals surface area contributed by atoms with Gasteiger partial charge in [-0.05, 0) is 60.3 Å². The molecular formula is C23H39N3O4S. The zero-order valence-electron chi connectivity index (χ0n) is 19.6. The first-order valence-corrected chi connectivity index (χ1v) is 11.8. The lowest BCUT2D eigenvalue weighted by Gasteiger charge is -2.22. The molecule has 1 atom stereocenters. The molecule has 7 nitrogen and oxygen atoms in total. The van der Waals surface area contributed by atoms with Gasteiger partial charge in [-0.15, -0.1) is 0 Å². The van der Waals surface area contributed by atoms with Gasteiger partial charge in [0.1, 0.15) is 12.6 Å². The van der Waals surface area contributed by atoms with Crippen molar-refractivity contribution in [1.29, 1.82) is 0 Å². The summed E-state index contributed by atoms with van der Waals surface area (Å²) in [5, 5.41) is 11.8. The average Bonchev–Trinajstić information content (AvgIpc) is 2.67. The third-order valence-electron chi connectivity index (χ3n) is 4.57. The number of carboxylic acid groups (broad SMARTS) is 1. The van der Waals surface area contributed by atoms with Crippen LogP contribution in [0.1, 0.15) is 60.3 Å². The Kier molecular flexibility index (Phi) is 15.3. The minimum absolute atomic E-state index is 0.238. The second kappa shape index (κ2) is 16.5. The maximum atomic E-state index is 12.2. The van der Waals surface area contributed by atoms with Gasteiger partial charge in [-0.1, -0.05) is 34.9 Å². The molecule has 0 aromatic heterocycles. The number of nitrogens with zero attached hydrogens (tertiary/aromatic N) is 1. The van der Waals surface area contributed by atoms with E-state index >= 15 is 0 Å². The van der Waals surface area contributed by atoms with Crippen LogP contribution in [0.3, 0.4) is 0 Å². The van der Waals surface area contributed by atoms with Crippen LogP contribution in [0.15, 0.2) is 34.9 Å². The monoisotopic (exact) mass is 453 g/mol. The molecule has 8 heteroatoms. The number of primary amides is 1. The fraction of sp³-hybridized carbons (Fsp3) is 0.609. The van der Waals surface area contributed by atoms with E-state index in [1.165, 1.54) is 33.4 Å². The largest absolute Gasteiger partial charge is 0.480 e. The fourth-order valence-electron chi connectivity index (χ4n) is 2.66. The molecule has 0 aliphatic heterocycles. The third-order valence-corrected chi connectivity index (χ3v) is 5.54. The smallest absolute Gasteiger partial charge is 0.327 e. The lowest BCUT2D eigenvalue weighted by Crippen LogP contribution is -2.51. The molecule has 0 aromatic rings. The van der Waals surface area contributed by atoms with E-state index in [0.29, 0.717) is 5.75 Å². The quantitative estimate of drug-likeness (QED) is 0.255. The van der Waals surface area contributed by atoms with Gasteiger partial charge in [-0.2, -0.15) is 11.8 Å². The molecule has 0 saturated carbocycles. The summed E-state index contributed by atoms with van der Waals surface area (Å²) in [5.41, 5.74) is 9.12. The number of allylic oxidation sites excluding steroid dienone is 5. The average molecular weight is 454 g/mol. The van der Waals surface area contributed by atoms with Gasteiger partial charge < -0.3 is 21.1 Å². The normalized spacial score (nSPS) is 12.8. The zero-order chi connectivity index (χ0) is 23.8. The molecule has 0 aliphatic carbocycles. The highest BCUT2D eigenvalue weighted by molar-refractivity contribution is 7.99. The Labute approximate surface area is 191 Å². The zero-order valence-corrected chi connectivity index (χ0v) is 20.4.